The zero-order valence-corrected chi connectivity index (χ0v) is 12.8. The van der Waals surface area contributed by atoms with Crippen LogP contribution in [0.2, 0.25) is 0 Å². The van der Waals surface area contributed by atoms with Crippen molar-refractivity contribution >= 4 is 5.69 Å². The van der Waals surface area contributed by atoms with Gasteiger partial charge in [0.05, 0.1) is 17.2 Å². The molecule has 120 valence electrons. The lowest BCUT2D eigenvalue weighted by atomic mass is 9.95. The fourth-order valence-corrected chi connectivity index (χ4v) is 3.07. The third kappa shape index (κ3) is 3.36. The fraction of sp³-hybridized carbons (Fsp3) is 0.562. The van der Waals surface area contributed by atoms with Crippen molar-refractivity contribution in [1.29, 1.82) is 5.26 Å². The second kappa shape index (κ2) is 6.17. The minimum absolute atomic E-state index is 0.00764. The lowest BCUT2D eigenvalue weighted by molar-refractivity contribution is -0.137. The van der Waals surface area contributed by atoms with E-state index in [4.69, 9.17) is 5.26 Å². The number of nitriles is 1. The molecule has 0 spiro atoms. The summed E-state index contributed by atoms with van der Waals surface area (Å²) in [7, 11) is 4.01. The molecule has 0 aromatic heterocycles. The molecule has 6 heteroatoms. The van der Waals surface area contributed by atoms with Crippen molar-refractivity contribution in [2.24, 2.45) is 0 Å². The van der Waals surface area contributed by atoms with Gasteiger partial charge < -0.3 is 10.2 Å². The number of hydrogen-bond acceptors (Lipinski definition) is 3. The van der Waals surface area contributed by atoms with Crippen LogP contribution < -0.4 is 5.32 Å². The molecular weight excluding hydrogens is 291 g/mol. The Kier molecular flexibility index (Phi) is 4.66. The van der Waals surface area contributed by atoms with Crippen molar-refractivity contribution in [2.75, 3.05) is 26.0 Å². The molecule has 0 saturated heterocycles. The van der Waals surface area contributed by atoms with E-state index in [1.54, 1.807) is 6.07 Å². The number of halogens is 3. The molecule has 1 N–H and O–H groups in total. The second-order valence-corrected chi connectivity index (χ2v) is 6.05. The Labute approximate surface area is 128 Å². The van der Waals surface area contributed by atoms with Gasteiger partial charge in [0.15, 0.2) is 0 Å². The van der Waals surface area contributed by atoms with Crippen LogP contribution in [0.25, 0.3) is 0 Å². The second-order valence-electron chi connectivity index (χ2n) is 6.05. The molecule has 1 aliphatic rings. The fourth-order valence-electron chi connectivity index (χ4n) is 3.07. The summed E-state index contributed by atoms with van der Waals surface area (Å²) in [4.78, 5) is 2.15. The number of likely N-dealkylation sites (N-methyl/N-ethyl adjacent to an activating group) is 1. The van der Waals surface area contributed by atoms with Crippen molar-refractivity contribution in [3.63, 3.8) is 0 Å². The van der Waals surface area contributed by atoms with Gasteiger partial charge in [0.25, 0.3) is 0 Å². The van der Waals surface area contributed by atoms with Crippen LogP contribution in [0.1, 0.15) is 36.8 Å². The Morgan fingerprint density at radius 3 is 2.41 bits per heavy atom. The molecule has 0 atom stereocenters. The smallest absolute Gasteiger partial charge is 0.383 e. The van der Waals surface area contributed by atoms with E-state index in [9.17, 15) is 13.2 Å². The third-order valence-corrected chi connectivity index (χ3v) is 4.55. The van der Waals surface area contributed by atoms with Crippen LogP contribution in [-0.4, -0.2) is 31.1 Å². The monoisotopic (exact) mass is 311 g/mol. The van der Waals surface area contributed by atoms with Gasteiger partial charge in [0, 0.05) is 17.8 Å². The summed E-state index contributed by atoms with van der Waals surface area (Å²) in [5.74, 6) is 0. The zero-order chi connectivity index (χ0) is 16.4. The number of alkyl halides is 3. The highest BCUT2D eigenvalue weighted by molar-refractivity contribution is 5.53. The number of hydrogen-bond donors (Lipinski definition) is 1. The predicted molar refractivity (Wildman–Crippen MR) is 79.5 cm³/mol. The largest absolute Gasteiger partial charge is 0.417 e. The number of benzene rings is 1. The number of nitrogens with one attached hydrogen (secondary N) is 1. The van der Waals surface area contributed by atoms with Gasteiger partial charge in [-0.2, -0.15) is 18.4 Å². The summed E-state index contributed by atoms with van der Waals surface area (Å²) in [5.41, 5.74) is -0.835. The van der Waals surface area contributed by atoms with Crippen LogP contribution in [0, 0.1) is 11.3 Å². The van der Waals surface area contributed by atoms with Gasteiger partial charge in [-0.15, -0.1) is 0 Å². The van der Waals surface area contributed by atoms with Gasteiger partial charge in [-0.25, -0.2) is 0 Å². The Morgan fingerprint density at radius 1 is 1.27 bits per heavy atom. The zero-order valence-electron chi connectivity index (χ0n) is 12.8. The Hall–Kier alpha value is -1.74. The molecule has 0 heterocycles. The van der Waals surface area contributed by atoms with E-state index in [1.165, 1.54) is 12.1 Å². The molecule has 1 aromatic rings. The molecule has 0 radical (unpaired) electrons. The van der Waals surface area contributed by atoms with E-state index in [0.29, 0.717) is 12.2 Å². The first-order chi connectivity index (χ1) is 10.3. The molecule has 1 saturated carbocycles. The number of rotatable bonds is 4. The summed E-state index contributed by atoms with van der Waals surface area (Å²) in [6, 6.07) is 5.38. The molecule has 1 aromatic carbocycles. The van der Waals surface area contributed by atoms with Gasteiger partial charge in [0.1, 0.15) is 0 Å². The van der Waals surface area contributed by atoms with Crippen LogP contribution in [0.4, 0.5) is 18.9 Å². The van der Waals surface area contributed by atoms with Gasteiger partial charge in [-0.05, 0) is 45.1 Å². The summed E-state index contributed by atoms with van der Waals surface area (Å²) < 4.78 is 38.9. The highest BCUT2D eigenvalue weighted by atomic mass is 19.4. The minimum atomic E-state index is -4.52. The van der Waals surface area contributed by atoms with Gasteiger partial charge in [0.2, 0.25) is 0 Å². The molecular formula is C16H20F3N3. The van der Waals surface area contributed by atoms with Crippen LogP contribution in [-0.2, 0) is 6.18 Å². The van der Waals surface area contributed by atoms with Crippen molar-refractivity contribution in [3.8, 4) is 6.07 Å². The molecule has 3 nitrogen and oxygen atoms in total. The van der Waals surface area contributed by atoms with E-state index in [-0.39, 0.29) is 11.1 Å². The SMILES string of the molecule is CN(C)C1(CNc2ccc(C#N)c(C(F)(F)F)c2)CCCC1. The normalized spacial score (nSPS) is 17.5. The first-order valence-corrected chi connectivity index (χ1v) is 7.31. The van der Waals surface area contributed by atoms with Crippen molar-refractivity contribution in [1.82, 2.24) is 4.90 Å². The molecule has 22 heavy (non-hydrogen) atoms. The maximum atomic E-state index is 13.0. The van der Waals surface area contributed by atoms with Crippen LogP contribution in [0.15, 0.2) is 18.2 Å². The Balaban J connectivity index is 2.19. The average molecular weight is 311 g/mol. The van der Waals surface area contributed by atoms with E-state index in [0.717, 1.165) is 31.7 Å². The molecule has 2 rings (SSSR count). The first kappa shape index (κ1) is 16.6. The van der Waals surface area contributed by atoms with E-state index in [1.807, 2.05) is 14.1 Å². The minimum Gasteiger partial charge on any atom is -0.383 e. The van der Waals surface area contributed by atoms with Crippen molar-refractivity contribution < 1.29 is 13.2 Å². The van der Waals surface area contributed by atoms with Gasteiger partial charge in [-0.3, -0.25) is 0 Å². The molecule has 0 aliphatic heterocycles. The molecule has 1 fully saturated rings. The van der Waals surface area contributed by atoms with Crippen molar-refractivity contribution in [3.05, 3.63) is 29.3 Å². The van der Waals surface area contributed by atoms with E-state index < -0.39 is 11.7 Å². The maximum absolute atomic E-state index is 13.0. The van der Waals surface area contributed by atoms with Crippen molar-refractivity contribution in [2.45, 2.75) is 37.4 Å². The van der Waals surface area contributed by atoms with Crippen LogP contribution >= 0.6 is 0 Å². The quantitative estimate of drug-likeness (QED) is 0.917. The third-order valence-electron chi connectivity index (χ3n) is 4.55. The lowest BCUT2D eigenvalue weighted by Gasteiger charge is -2.37. The number of nitrogens with zero attached hydrogens (tertiary/aromatic N) is 2. The lowest BCUT2D eigenvalue weighted by Crippen LogP contribution is -2.47. The Bertz CT molecular complexity index is 567. The Morgan fingerprint density at radius 2 is 1.91 bits per heavy atom. The number of anilines is 1. The van der Waals surface area contributed by atoms with E-state index in [2.05, 4.69) is 10.2 Å². The standard InChI is InChI=1S/C16H20F3N3/c1-22(2)15(7-3-4-8-15)11-21-13-6-5-12(10-20)14(9-13)16(17,18)19/h5-6,9,21H,3-4,7-8,11H2,1-2H3. The molecule has 0 bridgehead atoms. The first-order valence-electron chi connectivity index (χ1n) is 7.31. The molecule has 0 amide bonds. The summed E-state index contributed by atoms with van der Waals surface area (Å²) in [6.07, 6.45) is -0.164. The van der Waals surface area contributed by atoms with E-state index >= 15 is 0 Å². The average Bonchev–Trinajstić information content (AvgIpc) is 2.94. The summed E-state index contributed by atoms with van der Waals surface area (Å²) >= 11 is 0. The highest BCUT2D eigenvalue weighted by Gasteiger charge is 2.36. The maximum Gasteiger partial charge on any atom is 0.417 e. The van der Waals surface area contributed by atoms with Crippen LogP contribution in [0.5, 0.6) is 0 Å². The summed E-state index contributed by atoms with van der Waals surface area (Å²) in [5, 5.41) is 11.9. The van der Waals surface area contributed by atoms with Gasteiger partial charge in [-0.1, -0.05) is 12.8 Å². The highest BCUT2D eigenvalue weighted by Crippen LogP contribution is 2.36. The topological polar surface area (TPSA) is 39.1 Å². The molecule has 1 aliphatic carbocycles. The molecule has 0 unspecified atom stereocenters. The van der Waals surface area contributed by atoms with Crippen LogP contribution in [0.3, 0.4) is 0 Å². The summed E-state index contributed by atoms with van der Waals surface area (Å²) in [6.45, 7) is 0.600. The van der Waals surface area contributed by atoms with Gasteiger partial charge >= 0.3 is 6.18 Å². The predicted octanol–water partition coefficient (Wildman–Crippen LogP) is 3.86.